The number of rotatable bonds is 2. The summed E-state index contributed by atoms with van der Waals surface area (Å²) < 4.78 is 1.40. The van der Waals surface area contributed by atoms with E-state index < -0.39 is 0 Å². The summed E-state index contributed by atoms with van der Waals surface area (Å²) >= 11 is 0. The van der Waals surface area contributed by atoms with Gasteiger partial charge in [0.2, 0.25) is 0 Å². The van der Waals surface area contributed by atoms with E-state index in [4.69, 9.17) is 11.0 Å². The summed E-state index contributed by atoms with van der Waals surface area (Å²) in [6, 6.07) is 8.65. The molecule has 2 aromatic rings. The summed E-state index contributed by atoms with van der Waals surface area (Å²) in [5.41, 5.74) is 7.28. The van der Waals surface area contributed by atoms with Crippen LogP contribution in [0.5, 0.6) is 0 Å². The van der Waals surface area contributed by atoms with Crippen molar-refractivity contribution in [3.05, 3.63) is 41.7 Å². The highest BCUT2D eigenvalue weighted by Gasteiger charge is 2.14. The van der Waals surface area contributed by atoms with Gasteiger partial charge in [-0.15, -0.1) is 0 Å². The number of nitrogen functional groups attached to an aromatic ring is 1. The van der Waals surface area contributed by atoms with Crippen LogP contribution in [-0.4, -0.2) is 15.7 Å². The van der Waals surface area contributed by atoms with Crippen LogP contribution in [0.15, 0.2) is 30.5 Å². The van der Waals surface area contributed by atoms with Crippen LogP contribution in [0.2, 0.25) is 0 Å². The zero-order chi connectivity index (χ0) is 13.1. The molecule has 0 radical (unpaired) electrons. The molecule has 18 heavy (non-hydrogen) atoms. The van der Waals surface area contributed by atoms with Crippen LogP contribution in [0, 0.1) is 11.3 Å². The van der Waals surface area contributed by atoms with Gasteiger partial charge < -0.3 is 11.1 Å². The molecule has 1 amide bonds. The first-order chi connectivity index (χ1) is 8.61. The van der Waals surface area contributed by atoms with Gasteiger partial charge in [0.25, 0.3) is 5.91 Å². The lowest BCUT2D eigenvalue weighted by Gasteiger charge is -2.06. The number of nitrogens with one attached hydrogen (secondary N) is 1. The minimum Gasteiger partial charge on any atom is -0.396 e. The van der Waals surface area contributed by atoms with Gasteiger partial charge in [-0.25, -0.2) is 0 Å². The predicted octanol–water partition coefficient (Wildman–Crippen LogP) is 1.13. The third kappa shape index (κ3) is 2.15. The van der Waals surface area contributed by atoms with Crippen molar-refractivity contribution < 1.29 is 4.79 Å². The molecule has 0 fully saturated rings. The van der Waals surface area contributed by atoms with Gasteiger partial charge in [-0.2, -0.15) is 10.4 Å². The Morgan fingerprint density at radius 1 is 1.56 bits per heavy atom. The van der Waals surface area contributed by atoms with Gasteiger partial charge >= 0.3 is 0 Å². The normalized spacial score (nSPS) is 9.78. The van der Waals surface area contributed by atoms with Crippen molar-refractivity contribution in [3.8, 4) is 6.07 Å². The van der Waals surface area contributed by atoms with E-state index in [0.29, 0.717) is 16.9 Å². The van der Waals surface area contributed by atoms with Crippen molar-refractivity contribution in [2.24, 2.45) is 7.05 Å². The van der Waals surface area contributed by atoms with Crippen molar-refractivity contribution in [2.75, 3.05) is 11.1 Å². The monoisotopic (exact) mass is 241 g/mol. The fraction of sp³-hybridized carbons (Fsp3) is 0.0833. The van der Waals surface area contributed by atoms with Gasteiger partial charge in [-0.1, -0.05) is 6.07 Å². The highest BCUT2D eigenvalue weighted by molar-refractivity contribution is 6.06. The lowest BCUT2D eigenvalue weighted by Crippen LogP contribution is -2.17. The zero-order valence-corrected chi connectivity index (χ0v) is 9.71. The molecule has 6 heteroatoms. The first-order valence-corrected chi connectivity index (χ1v) is 5.21. The molecule has 3 N–H and O–H groups in total. The number of anilines is 2. The van der Waals surface area contributed by atoms with E-state index >= 15 is 0 Å². The maximum Gasteiger partial charge on any atom is 0.276 e. The van der Waals surface area contributed by atoms with Crippen molar-refractivity contribution >= 4 is 17.3 Å². The molecule has 0 saturated carbocycles. The standard InChI is InChI=1S/C12H11N5O/c1-17-11(10(14)7-15-17)12(18)16-9-4-2-3-8(5-9)6-13/h2-5,7H,14H2,1H3,(H,16,18). The van der Waals surface area contributed by atoms with E-state index in [0.717, 1.165) is 0 Å². The Morgan fingerprint density at radius 3 is 2.94 bits per heavy atom. The molecule has 1 heterocycles. The largest absolute Gasteiger partial charge is 0.396 e. The highest BCUT2D eigenvalue weighted by Crippen LogP contribution is 2.14. The molecule has 0 aliphatic rings. The predicted molar refractivity (Wildman–Crippen MR) is 66.7 cm³/mol. The van der Waals surface area contributed by atoms with Gasteiger partial charge in [0.1, 0.15) is 5.69 Å². The van der Waals surface area contributed by atoms with Gasteiger partial charge in [0.15, 0.2) is 0 Å². The number of hydrogen-bond acceptors (Lipinski definition) is 4. The average Bonchev–Trinajstić information content (AvgIpc) is 2.69. The highest BCUT2D eigenvalue weighted by atomic mass is 16.2. The Labute approximate surface area is 104 Å². The summed E-state index contributed by atoms with van der Waals surface area (Å²) in [7, 11) is 1.64. The molecule has 1 aromatic heterocycles. The van der Waals surface area contributed by atoms with Crippen molar-refractivity contribution in [3.63, 3.8) is 0 Å². The molecule has 6 nitrogen and oxygen atoms in total. The Hall–Kier alpha value is -2.81. The molecule has 0 aliphatic carbocycles. The molecule has 0 unspecified atom stereocenters. The average molecular weight is 241 g/mol. The van der Waals surface area contributed by atoms with Crippen molar-refractivity contribution in [1.29, 1.82) is 5.26 Å². The smallest absolute Gasteiger partial charge is 0.276 e. The number of hydrogen-bond donors (Lipinski definition) is 2. The van der Waals surface area contributed by atoms with Crippen molar-refractivity contribution in [2.45, 2.75) is 0 Å². The second-order valence-corrected chi connectivity index (χ2v) is 3.72. The van der Waals surface area contributed by atoms with Crippen LogP contribution in [0.1, 0.15) is 16.1 Å². The number of nitrogens with zero attached hydrogens (tertiary/aromatic N) is 3. The van der Waals surface area contributed by atoms with Crippen molar-refractivity contribution in [1.82, 2.24) is 9.78 Å². The summed E-state index contributed by atoms with van der Waals surface area (Å²) in [6.45, 7) is 0. The Kier molecular flexibility index (Phi) is 2.98. The van der Waals surface area contributed by atoms with Crippen LogP contribution < -0.4 is 11.1 Å². The first-order valence-electron chi connectivity index (χ1n) is 5.21. The van der Waals surface area contributed by atoms with Crippen LogP contribution >= 0.6 is 0 Å². The molecule has 2 rings (SSSR count). The van der Waals surface area contributed by atoms with Gasteiger partial charge in [-0.05, 0) is 18.2 Å². The van der Waals surface area contributed by atoms with E-state index in [-0.39, 0.29) is 11.6 Å². The minimum atomic E-state index is -0.359. The zero-order valence-electron chi connectivity index (χ0n) is 9.71. The van der Waals surface area contributed by atoms with Crippen LogP contribution in [-0.2, 0) is 7.05 Å². The number of amides is 1. The fourth-order valence-corrected chi connectivity index (χ4v) is 1.59. The fourth-order valence-electron chi connectivity index (χ4n) is 1.59. The molecule has 0 spiro atoms. The number of aromatic nitrogens is 2. The van der Waals surface area contributed by atoms with Crippen LogP contribution in [0.4, 0.5) is 11.4 Å². The van der Waals surface area contributed by atoms with Crippen LogP contribution in [0.3, 0.4) is 0 Å². The van der Waals surface area contributed by atoms with E-state index in [1.54, 1.807) is 31.3 Å². The number of carbonyl (C=O) groups excluding carboxylic acids is 1. The first kappa shape index (κ1) is 11.7. The third-order valence-corrected chi connectivity index (χ3v) is 2.43. The summed E-state index contributed by atoms with van der Waals surface area (Å²) in [6.07, 6.45) is 1.42. The molecular formula is C12H11N5O. The van der Waals surface area contributed by atoms with Gasteiger partial charge in [0.05, 0.1) is 23.5 Å². The number of aryl methyl sites for hydroxylation is 1. The lowest BCUT2D eigenvalue weighted by molar-refractivity contribution is 0.101. The molecule has 0 atom stereocenters. The van der Waals surface area contributed by atoms with E-state index in [1.165, 1.54) is 10.9 Å². The second kappa shape index (κ2) is 4.59. The molecular weight excluding hydrogens is 230 g/mol. The maximum absolute atomic E-state index is 12.0. The molecule has 1 aromatic carbocycles. The number of nitriles is 1. The second-order valence-electron chi connectivity index (χ2n) is 3.72. The van der Waals surface area contributed by atoms with E-state index in [1.807, 2.05) is 6.07 Å². The number of benzene rings is 1. The van der Waals surface area contributed by atoms with E-state index in [2.05, 4.69) is 10.4 Å². The maximum atomic E-state index is 12.0. The lowest BCUT2D eigenvalue weighted by atomic mass is 10.2. The summed E-state index contributed by atoms with van der Waals surface area (Å²) in [4.78, 5) is 12.0. The summed E-state index contributed by atoms with van der Waals surface area (Å²) in [5.74, 6) is -0.359. The Bertz CT molecular complexity index is 619. The SMILES string of the molecule is Cn1ncc(N)c1C(=O)Nc1cccc(C#N)c1. The Balaban J connectivity index is 2.25. The van der Waals surface area contributed by atoms with Crippen LogP contribution in [0.25, 0.3) is 0 Å². The topological polar surface area (TPSA) is 96.7 Å². The number of nitrogens with two attached hydrogens (primary N) is 1. The summed E-state index contributed by atoms with van der Waals surface area (Å²) in [5, 5.41) is 15.3. The third-order valence-electron chi connectivity index (χ3n) is 2.43. The van der Waals surface area contributed by atoms with Gasteiger partial charge in [0, 0.05) is 12.7 Å². The molecule has 90 valence electrons. The minimum absolute atomic E-state index is 0.289. The Morgan fingerprint density at radius 2 is 2.33 bits per heavy atom. The van der Waals surface area contributed by atoms with E-state index in [9.17, 15) is 4.79 Å². The number of carbonyl (C=O) groups is 1. The molecule has 0 bridgehead atoms. The molecule has 0 aliphatic heterocycles. The van der Waals surface area contributed by atoms with Gasteiger partial charge in [-0.3, -0.25) is 9.48 Å². The molecule has 0 saturated heterocycles. The quantitative estimate of drug-likeness (QED) is 0.823.